The molecule has 0 saturated carbocycles. The van der Waals surface area contributed by atoms with Crippen LogP contribution in [0.1, 0.15) is 11.1 Å². The van der Waals surface area contributed by atoms with E-state index >= 15 is 0 Å². The maximum atomic E-state index is 6.16. The molecule has 0 atom stereocenters. The molecule has 0 spiro atoms. The maximum absolute atomic E-state index is 6.16. The molecule has 0 amide bonds. The van der Waals surface area contributed by atoms with Crippen LogP contribution < -0.4 is 10.1 Å². The lowest BCUT2D eigenvalue weighted by atomic mass is 10.2. The van der Waals surface area contributed by atoms with Crippen LogP contribution in [0.4, 0.5) is 5.69 Å². The highest BCUT2D eigenvalue weighted by Crippen LogP contribution is 2.28. The Balaban J connectivity index is 1.60. The van der Waals surface area contributed by atoms with Crippen molar-refractivity contribution in [3.8, 4) is 5.75 Å². The number of hydrogen-bond donors (Lipinski definition) is 1. The van der Waals surface area contributed by atoms with Crippen LogP contribution in [0.2, 0.25) is 5.02 Å². The predicted octanol–water partition coefficient (Wildman–Crippen LogP) is 7.06. The maximum Gasteiger partial charge on any atom is 0.134 e. The van der Waals surface area contributed by atoms with Gasteiger partial charge in [-0.2, -0.15) is 0 Å². The van der Waals surface area contributed by atoms with E-state index in [1.54, 1.807) is 0 Å². The molecule has 2 nitrogen and oxygen atoms in total. The average Bonchev–Trinajstić information content (AvgIpc) is 2.62. The molecular formula is C20H16Br2ClNO. The molecule has 0 aromatic heterocycles. The quantitative estimate of drug-likeness (QED) is 0.407. The Morgan fingerprint density at radius 1 is 0.920 bits per heavy atom. The third-order valence-corrected chi connectivity index (χ3v) is 5.20. The van der Waals surface area contributed by atoms with Gasteiger partial charge >= 0.3 is 0 Å². The van der Waals surface area contributed by atoms with Crippen molar-refractivity contribution < 1.29 is 4.74 Å². The van der Waals surface area contributed by atoms with Gasteiger partial charge < -0.3 is 10.1 Å². The van der Waals surface area contributed by atoms with Crippen molar-refractivity contribution in [1.29, 1.82) is 0 Å². The van der Waals surface area contributed by atoms with Gasteiger partial charge in [-0.25, -0.2) is 0 Å². The van der Waals surface area contributed by atoms with E-state index < -0.39 is 0 Å². The molecule has 0 heterocycles. The zero-order valence-corrected chi connectivity index (χ0v) is 17.2. The number of nitrogens with one attached hydrogen (secondary N) is 1. The molecule has 0 bridgehead atoms. The first kappa shape index (κ1) is 18.3. The topological polar surface area (TPSA) is 21.3 Å². The molecule has 0 radical (unpaired) electrons. The molecular weight excluding hydrogens is 465 g/mol. The van der Waals surface area contributed by atoms with E-state index in [0.29, 0.717) is 11.6 Å². The summed E-state index contributed by atoms with van der Waals surface area (Å²) in [6.07, 6.45) is 0. The third-order valence-electron chi connectivity index (χ3n) is 3.68. The predicted molar refractivity (Wildman–Crippen MR) is 111 cm³/mol. The van der Waals surface area contributed by atoms with Gasteiger partial charge in [0.1, 0.15) is 12.4 Å². The zero-order chi connectivity index (χ0) is 17.6. The van der Waals surface area contributed by atoms with Gasteiger partial charge in [0, 0.05) is 27.3 Å². The van der Waals surface area contributed by atoms with Crippen molar-refractivity contribution in [1.82, 2.24) is 0 Å². The number of ether oxygens (including phenoxy) is 1. The number of halogens is 3. The Hall–Kier alpha value is -1.49. The molecule has 5 heteroatoms. The summed E-state index contributed by atoms with van der Waals surface area (Å²) in [7, 11) is 0. The first-order valence-corrected chi connectivity index (χ1v) is 9.72. The van der Waals surface area contributed by atoms with Crippen molar-refractivity contribution in [2.45, 2.75) is 13.2 Å². The number of hydrogen-bond acceptors (Lipinski definition) is 2. The lowest BCUT2D eigenvalue weighted by molar-refractivity contribution is 0.304. The molecule has 3 rings (SSSR count). The van der Waals surface area contributed by atoms with Gasteiger partial charge in [0.2, 0.25) is 0 Å². The standard InChI is InChI=1S/C20H16Br2ClNO/c21-16-6-8-17(9-7-16)24-12-14-5-10-20(18(22)11-14)25-13-15-3-1-2-4-19(15)23/h1-11,24H,12-13H2. The number of benzene rings is 3. The van der Waals surface area contributed by atoms with Gasteiger partial charge in [-0.05, 0) is 64.0 Å². The van der Waals surface area contributed by atoms with Crippen LogP contribution in [-0.2, 0) is 13.2 Å². The van der Waals surface area contributed by atoms with Gasteiger partial charge in [-0.15, -0.1) is 0 Å². The van der Waals surface area contributed by atoms with Gasteiger partial charge in [0.05, 0.1) is 4.47 Å². The second kappa shape index (κ2) is 8.75. The molecule has 0 aliphatic rings. The molecule has 128 valence electrons. The van der Waals surface area contributed by atoms with Crippen molar-refractivity contribution in [3.63, 3.8) is 0 Å². The summed E-state index contributed by atoms with van der Waals surface area (Å²) in [5.41, 5.74) is 3.22. The largest absolute Gasteiger partial charge is 0.488 e. The molecule has 0 aliphatic heterocycles. The molecule has 0 aliphatic carbocycles. The monoisotopic (exact) mass is 479 g/mol. The number of anilines is 1. The summed E-state index contributed by atoms with van der Waals surface area (Å²) in [6.45, 7) is 1.18. The minimum absolute atomic E-state index is 0.439. The van der Waals surface area contributed by atoms with Crippen molar-refractivity contribution in [2.24, 2.45) is 0 Å². The van der Waals surface area contributed by atoms with Crippen LogP contribution >= 0.6 is 43.5 Å². The fourth-order valence-corrected chi connectivity index (χ4v) is 3.31. The molecule has 0 saturated heterocycles. The van der Waals surface area contributed by atoms with Crippen LogP contribution in [0.15, 0.2) is 75.7 Å². The highest BCUT2D eigenvalue weighted by Gasteiger charge is 2.05. The van der Waals surface area contributed by atoms with Crippen LogP contribution in [0.25, 0.3) is 0 Å². The zero-order valence-electron chi connectivity index (χ0n) is 13.3. The van der Waals surface area contributed by atoms with Crippen LogP contribution in [0, 0.1) is 0 Å². The minimum Gasteiger partial charge on any atom is -0.488 e. The van der Waals surface area contributed by atoms with E-state index in [2.05, 4.69) is 49.3 Å². The summed E-state index contributed by atoms with van der Waals surface area (Å²) in [6, 6.07) is 21.9. The summed E-state index contributed by atoms with van der Waals surface area (Å²) in [5.74, 6) is 0.798. The van der Waals surface area contributed by atoms with Crippen LogP contribution in [0.3, 0.4) is 0 Å². The minimum atomic E-state index is 0.439. The van der Waals surface area contributed by atoms with E-state index in [4.69, 9.17) is 16.3 Å². The summed E-state index contributed by atoms with van der Waals surface area (Å²) < 4.78 is 7.87. The van der Waals surface area contributed by atoms with Crippen LogP contribution in [0.5, 0.6) is 5.75 Å². The van der Waals surface area contributed by atoms with Crippen molar-refractivity contribution >= 4 is 49.1 Å². The molecule has 25 heavy (non-hydrogen) atoms. The van der Waals surface area contributed by atoms with Gasteiger partial charge in [0.25, 0.3) is 0 Å². The fraction of sp³-hybridized carbons (Fsp3) is 0.100. The van der Waals surface area contributed by atoms with Gasteiger partial charge in [-0.3, -0.25) is 0 Å². The van der Waals surface area contributed by atoms with Crippen molar-refractivity contribution in [2.75, 3.05) is 5.32 Å². The Morgan fingerprint density at radius 2 is 1.68 bits per heavy atom. The highest BCUT2D eigenvalue weighted by molar-refractivity contribution is 9.10. The first-order chi connectivity index (χ1) is 12.1. The van der Waals surface area contributed by atoms with E-state index in [9.17, 15) is 0 Å². The second-order valence-electron chi connectivity index (χ2n) is 5.51. The second-order valence-corrected chi connectivity index (χ2v) is 7.68. The molecule has 0 fully saturated rings. The normalized spacial score (nSPS) is 10.5. The Kier molecular flexibility index (Phi) is 6.40. The Labute approximate surface area is 169 Å². The van der Waals surface area contributed by atoms with Crippen LogP contribution in [-0.4, -0.2) is 0 Å². The first-order valence-electron chi connectivity index (χ1n) is 7.76. The molecule has 0 unspecified atom stereocenters. The lowest BCUT2D eigenvalue weighted by Crippen LogP contribution is -2.00. The van der Waals surface area contributed by atoms with Gasteiger partial charge in [-0.1, -0.05) is 51.8 Å². The molecule has 3 aromatic rings. The highest BCUT2D eigenvalue weighted by atomic mass is 79.9. The van der Waals surface area contributed by atoms with E-state index in [-0.39, 0.29) is 0 Å². The SMILES string of the molecule is Clc1ccccc1COc1ccc(CNc2ccc(Br)cc2)cc1Br. The van der Waals surface area contributed by atoms with Gasteiger partial charge in [0.15, 0.2) is 0 Å². The summed E-state index contributed by atoms with van der Waals surface area (Å²) in [4.78, 5) is 0. The Bertz CT molecular complexity index is 853. The summed E-state index contributed by atoms with van der Waals surface area (Å²) >= 11 is 13.2. The average molecular weight is 482 g/mol. The van der Waals surface area contributed by atoms with E-state index in [1.165, 1.54) is 5.56 Å². The number of rotatable bonds is 6. The Morgan fingerprint density at radius 3 is 2.40 bits per heavy atom. The summed E-state index contributed by atoms with van der Waals surface area (Å²) in [5, 5.41) is 4.12. The lowest BCUT2D eigenvalue weighted by Gasteiger charge is -2.12. The smallest absolute Gasteiger partial charge is 0.134 e. The molecule has 3 aromatic carbocycles. The van der Waals surface area contributed by atoms with Crippen molar-refractivity contribution in [3.05, 3.63) is 91.8 Å². The molecule has 1 N–H and O–H groups in total. The van der Waals surface area contributed by atoms with E-state index in [0.717, 1.165) is 32.5 Å². The van der Waals surface area contributed by atoms with E-state index in [1.807, 2.05) is 54.6 Å². The fourth-order valence-electron chi connectivity index (χ4n) is 2.31. The third kappa shape index (κ3) is 5.24.